The number of rotatable bonds is 4. The van der Waals surface area contributed by atoms with E-state index in [2.05, 4.69) is 24.0 Å². The highest BCUT2D eigenvalue weighted by molar-refractivity contribution is 7.89. The maximum absolute atomic E-state index is 12.9. The number of hydrogen-bond acceptors (Lipinski definition) is 3. The largest absolute Gasteiger partial charge is 0.369 e. The Hall–Kier alpha value is -1.27. The van der Waals surface area contributed by atoms with Crippen molar-refractivity contribution in [2.75, 3.05) is 31.1 Å². The summed E-state index contributed by atoms with van der Waals surface area (Å²) in [7, 11) is -3.65. The SMILES string of the molecule is CCc1ccccc1N1CCN(S(=O)(=O)c2cccc(Cl)c2Cl)CC1. The predicted octanol–water partition coefficient (Wildman–Crippen LogP) is 4.07. The summed E-state index contributed by atoms with van der Waals surface area (Å²) in [5, 5.41) is 0.334. The zero-order valence-electron chi connectivity index (χ0n) is 14.0. The summed E-state index contributed by atoms with van der Waals surface area (Å²) in [4.78, 5) is 2.31. The summed E-state index contributed by atoms with van der Waals surface area (Å²) in [5.74, 6) is 0. The molecule has 3 rings (SSSR count). The topological polar surface area (TPSA) is 40.6 Å². The summed E-state index contributed by atoms with van der Waals surface area (Å²) in [5.41, 5.74) is 2.46. The minimum Gasteiger partial charge on any atom is -0.369 e. The molecule has 2 aromatic rings. The first kappa shape index (κ1) is 18.5. The number of hydrogen-bond donors (Lipinski definition) is 0. The maximum Gasteiger partial charge on any atom is 0.244 e. The lowest BCUT2D eigenvalue weighted by Gasteiger charge is -2.36. The van der Waals surface area contributed by atoms with E-state index in [4.69, 9.17) is 23.2 Å². The number of aryl methyl sites for hydroxylation is 1. The summed E-state index contributed by atoms with van der Waals surface area (Å²) >= 11 is 12.1. The van der Waals surface area contributed by atoms with E-state index in [9.17, 15) is 8.42 Å². The van der Waals surface area contributed by atoms with Crippen molar-refractivity contribution in [3.63, 3.8) is 0 Å². The van der Waals surface area contributed by atoms with Crippen molar-refractivity contribution in [3.05, 3.63) is 58.1 Å². The lowest BCUT2D eigenvalue weighted by Crippen LogP contribution is -2.49. The summed E-state index contributed by atoms with van der Waals surface area (Å²) < 4.78 is 27.3. The van der Waals surface area contributed by atoms with E-state index >= 15 is 0 Å². The molecule has 1 aliphatic rings. The Kier molecular flexibility index (Phi) is 5.58. The van der Waals surface area contributed by atoms with Gasteiger partial charge in [-0.05, 0) is 30.2 Å². The number of nitrogens with zero attached hydrogens (tertiary/aromatic N) is 2. The fraction of sp³-hybridized carbons (Fsp3) is 0.333. The van der Waals surface area contributed by atoms with Crippen LogP contribution in [0.4, 0.5) is 5.69 Å². The summed E-state index contributed by atoms with van der Waals surface area (Å²) in [6, 6.07) is 13.0. The second-order valence-corrected chi connectivity index (χ2v) is 8.62. The molecule has 1 fully saturated rings. The van der Waals surface area contributed by atoms with Crippen molar-refractivity contribution in [3.8, 4) is 0 Å². The number of anilines is 1. The molecule has 0 aliphatic carbocycles. The van der Waals surface area contributed by atoms with E-state index in [1.165, 1.54) is 21.6 Å². The molecule has 134 valence electrons. The second kappa shape index (κ2) is 7.54. The molecule has 2 aromatic carbocycles. The Bertz CT molecular complexity index is 863. The fourth-order valence-corrected chi connectivity index (χ4v) is 5.27. The average Bonchev–Trinajstić information content (AvgIpc) is 2.64. The third-order valence-electron chi connectivity index (χ3n) is 4.49. The molecule has 0 spiro atoms. The van der Waals surface area contributed by atoms with Gasteiger partial charge in [-0.2, -0.15) is 4.31 Å². The molecule has 4 nitrogen and oxygen atoms in total. The highest BCUT2D eigenvalue weighted by Crippen LogP contribution is 2.32. The minimum atomic E-state index is -3.65. The first-order valence-corrected chi connectivity index (χ1v) is 10.4. The van der Waals surface area contributed by atoms with Crippen molar-refractivity contribution >= 4 is 38.9 Å². The first-order valence-electron chi connectivity index (χ1n) is 8.22. The van der Waals surface area contributed by atoms with E-state index in [1.807, 2.05) is 12.1 Å². The van der Waals surface area contributed by atoms with Gasteiger partial charge in [-0.15, -0.1) is 0 Å². The highest BCUT2D eigenvalue weighted by atomic mass is 35.5. The van der Waals surface area contributed by atoms with Crippen LogP contribution in [0.2, 0.25) is 10.0 Å². The molecule has 0 unspecified atom stereocenters. The zero-order valence-corrected chi connectivity index (χ0v) is 16.3. The van der Waals surface area contributed by atoms with Gasteiger partial charge in [0.05, 0.1) is 10.0 Å². The smallest absolute Gasteiger partial charge is 0.244 e. The van der Waals surface area contributed by atoms with E-state index < -0.39 is 10.0 Å². The average molecular weight is 399 g/mol. The van der Waals surface area contributed by atoms with Crippen molar-refractivity contribution in [2.45, 2.75) is 18.2 Å². The van der Waals surface area contributed by atoms with Gasteiger partial charge in [0.1, 0.15) is 4.90 Å². The summed E-state index contributed by atoms with van der Waals surface area (Å²) in [6.07, 6.45) is 0.951. The molecule has 1 aliphatic heterocycles. The number of piperazine rings is 1. The van der Waals surface area contributed by atoms with Gasteiger partial charge in [0.15, 0.2) is 0 Å². The lowest BCUT2D eigenvalue weighted by molar-refractivity contribution is 0.384. The number of para-hydroxylation sites is 1. The molecule has 0 amide bonds. The van der Waals surface area contributed by atoms with Gasteiger partial charge in [-0.25, -0.2) is 8.42 Å². The van der Waals surface area contributed by atoms with Gasteiger partial charge in [0, 0.05) is 31.9 Å². The Balaban J connectivity index is 1.79. The van der Waals surface area contributed by atoms with Crippen LogP contribution in [-0.4, -0.2) is 38.9 Å². The van der Waals surface area contributed by atoms with Crippen molar-refractivity contribution in [2.24, 2.45) is 0 Å². The van der Waals surface area contributed by atoms with Gasteiger partial charge in [-0.1, -0.05) is 54.4 Å². The second-order valence-electron chi connectivity index (χ2n) is 5.93. The molecule has 1 saturated heterocycles. The van der Waals surface area contributed by atoms with Crippen LogP contribution in [0, 0.1) is 0 Å². The molecule has 0 radical (unpaired) electrons. The van der Waals surface area contributed by atoms with Gasteiger partial charge in [0.2, 0.25) is 10.0 Å². The standard InChI is InChI=1S/C18H20Cl2N2O2S/c1-2-14-6-3-4-8-16(14)21-10-12-22(13-11-21)25(23,24)17-9-5-7-15(19)18(17)20/h3-9H,2,10-13H2,1H3. The third kappa shape index (κ3) is 3.65. The number of sulfonamides is 1. The molecular weight excluding hydrogens is 379 g/mol. The third-order valence-corrected chi connectivity index (χ3v) is 7.36. The molecule has 0 aromatic heterocycles. The van der Waals surface area contributed by atoms with Gasteiger partial charge in [0.25, 0.3) is 0 Å². The lowest BCUT2D eigenvalue weighted by atomic mass is 10.1. The van der Waals surface area contributed by atoms with E-state index in [0.29, 0.717) is 26.2 Å². The Labute approximate surface area is 159 Å². The number of benzene rings is 2. The fourth-order valence-electron chi connectivity index (χ4n) is 3.11. The van der Waals surface area contributed by atoms with E-state index in [0.717, 1.165) is 6.42 Å². The van der Waals surface area contributed by atoms with Crippen LogP contribution < -0.4 is 4.90 Å². The van der Waals surface area contributed by atoms with Crippen LogP contribution in [0.3, 0.4) is 0 Å². The number of halogens is 2. The first-order chi connectivity index (χ1) is 11.9. The maximum atomic E-state index is 12.9. The molecule has 7 heteroatoms. The Morgan fingerprint density at radius 2 is 1.64 bits per heavy atom. The van der Waals surface area contributed by atoms with Crippen LogP contribution in [0.5, 0.6) is 0 Å². The Morgan fingerprint density at radius 1 is 0.960 bits per heavy atom. The van der Waals surface area contributed by atoms with Gasteiger partial charge in [-0.3, -0.25) is 0 Å². The molecule has 0 saturated carbocycles. The van der Waals surface area contributed by atoms with Crippen molar-refractivity contribution < 1.29 is 8.42 Å². The van der Waals surface area contributed by atoms with E-state index in [1.54, 1.807) is 12.1 Å². The van der Waals surface area contributed by atoms with Gasteiger partial charge >= 0.3 is 0 Å². The van der Waals surface area contributed by atoms with Crippen LogP contribution >= 0.6 is 23.2 Å². The normalized spacial score (nSPS) is 16.2. The molecule has 1 heterocycles. The predicted molar refractivity (Wildman–Crippen MR) is 103 cm³/mol. The molecular formula is C18H20Cl2N2O2S. The van der Waals surface area contributed by atoms with Crippen molar-refractivity contribution in [1.29, 1.82) is 0 Å². The highest BCUT2D eigenvalue weighted by Gasteiger charge is 2.31. The Morgan fingerprint density at radius 3 is 2.32 bits per heavy atom. The van der Waals surface area contributed by atoms with Gasteiger partial charge < -0.3 is 4.90 Å². The van der Waals surface area contributed by atoms with Crippen LogP contribution in [0.15, 0.2) is 47.4 Å². The summed E-state index contributed by atoms with van der Waals surface area (Å²) in [6.45, 7) is 4.26. The van der Waals surface area contributed by atoms with Crippen LogP contribution in [0.1, 0.15) is 12.5 Å². The monoisotopic (exact) mass is 398 g/mol. The minimum absolute atomic E-state index is 0.0732. The molecule has 0 N–H and O–H groups in total. The van der Waals surface area contributed by atoms with Crippen LogP contribution in [0.25, 0.3) is 0 Å². The van der Waals surface area contributed by atoms with E-state index in [-0.39, 0.29) is 14.9 Å². The quantitative estimate of drug-likeness (QED) is 0.779. The van der Waals surface area contributed by atoms with Crippen LogP contribution in [-0.2, 0) is 16.4 Å². The molecule has 0 bridgehead atoms. The molecule has 25 heavy (non-hydrogen) atoms. The molecule has 0 atom stereocenters. The zero-order chi connectivity index (χ0) is 18.0. The van der Waals surface area contributed by atoms with Crippen molar-refractivity contribution in [1.82, 2.24) is 4.31 Å².